The quantitative estimate of drug-likeness (QED) is 0.698. The standard InChI is InChI=1S/C19H21F2N5OS/c1-2-14-11(13-10-23-16-6-4-8-24-26(13)16)9-15(28-14)18(27)25-17-12(22)5-3-7-19(17,20)21/h4,6,8-10,12,17H,2-3,5,7,22H2,1H3,(H,25,27)/t12-,17?/m1/s1. The molecule has 0 aliphatic heterocycles. The second kappa shape index (κ2) is 7.21. The first-order valence-corrected chi connectivity index (χ1v) is 10.1. The van der Waals surface area contributed by atoms with Gasteiger partial charge < -0.3 is 11.1 Å². The maximum Gasteiger partial charge on any atom is 0.269 e. The molecule has 28 heavy (non-hydrogen) atoms. The normalized spacial score (nSPS) is 21.7. The highest BCUT2D eigenvalue weighted by Crippen LogP contribution is 2.35. The molecule has 1 unspecified atom stereocenters. The third-order valence-corrected chi connectivity index (χ3v) is 6.40. The van der Waals surface area contributed by atoms with Gasteiger partial charge in [-0.2, -0.15) is 5.10 Å². The molecule has 148 valence electrons. The molecule has 1 aliphatic carbocycles. The molecule has 3 N–H and O–H groups in total. The molecule has 0 aromatic carbocycles. The summed E-state index contributed by atoms with van der Waals surface area (Å²) in [6.45, 7) is 1.98. The lowest BCUT2D eigenvalue weighted by molar-refractivity contribution is -0.0674. The SMILES string of the molecule is CCc1sc(C(=O)NC2[C@H](N)CCCC2(F)F)cc1-c1cnc2cccnn12. The van der Waals surface area contributed by atoms with Gasteiger partial charge in [0.15, 0.2) is 5.65 Å². The minimum Gasteiger partial charge on any atom is -0.341 e. The van der Waals surface area contributed by atoms with Gasteiger partial charge >= 0.3 is 0 Å². The van der Waals surface area contributed by atoms with E-state index in [4.69, 9.17) is 5.73 Å². The Morgan fingerprint density at radius 1 is 1.50 bits per heavy atom. The number of hydrogen-bond donors (Lipinski definition) is 2. The van der Waals surface area contributed by atoms with Crippen LogP contribution in [-0.4, -0.2) is 38.5 Å². The van der Waals surface area contributed by atoms with Gasteiger partial charge in [-0.05, 0) is 37.5 Å². The van der Waals surface area contributed by atoms with Gasteiger partial charge in [-0.25, -0.2) is 18.3 Å². The molecule has 0 radical (unpaired) electrons. The van der Waals surface area contributed by atoms with Crippen LogP contribution in [-0.2, 0) is 6.42 Å². The average molecular weight is 405 g/mol. The Balaban J connectivity index is 1.65. The Labute approximate surface area is 164 Å². The van der Waals surface area contributed by atoms with Crippen molar-refractivity contribution in [2.75, 3.05) is 0 Å². The Bertz CT molecular complexity index is 1010. The van der Waals surface area contributed by atoms with Crippen molar-refractivity contribution in [3.63, 3.8) is 0 Å². The fourth-order valence-electron chi connectivity index (χ4n) is 3.67. The fraction of sp³-hybridized carbons (Fsp3) is 0.421. The van der Waals surface area contributed by atoms with Gasteiger partial charge in [0.25, 0.3) is 11.8 Å². The largest absolute Gasteiger partial charge is 0.341 e. The molecule has 1 amide bonds. The van der Waals surface area contributed by atoms with Crippen molar-refractivity contribution < 1.29 is 13.6 Å². The number of carbonyl (C=O) groups excluding carboxylic acids is 1. The highest BCUT2D eigenvalue weighted by molar-refractivity contribution is 7.14. The van der Waals surface area contributed by atoms with Crippen LogP contribution in [0.3, 0.4) is 0 Å². The topological polar surface area (TPSA) is 85.3 Å². The number of thiophene rings is 1. The minimum absolute atomic E-state index is 0.255. The fourth-order valence-corrected chi connectivity index (χ4v) is 4.68. The van der Waals surface area contributed by atoms with Gasteiger partial charge in [-0.3, -0.25) is 4.79 Å². The first kappa shape index (κ1) is 18.9. The predicted octanol–water partition coefficient (Wildman–Crippen LogP) is 3.27. The number of nitrogens with one attached hydrogen (secondary N) is 1. The summed E-state index contributed by atoms with van der Waals surface area (Å²) in [4.78, 5) is 18.4. The molecule has 2 atom stereocenters. The van der Waals surface area contributed by atoms with Crippen LogP contribution in [0, 0.1) is 0 Å². The number of halogens is 2. The number of carbonyl (C=O) groups is 1. The monoisotopic (exact) mass is 405 g/mol. The first-order chi connectivity index (χ1) is 13.4. The zero-order valence-corrected chi connectivity index (χ0v) is 16.2. The molecule has 1 saturated carbocycles. The summed E-state index contributed by atoms with van der Waals surface area (Å²) in [6.07, 6.45) is 4.66. The molecular formula is C19H21F2N5OS. The zero-order chi connectivity index (χ0) is 19.9. The van der Waals surface area contributed by atoms with E-state index in [1.165, 1.54) is 11.3 Å². The third-order valence-electron chi connectivity index (χ3n) is 5.12. The summed E-state index contributed by atoms with van der Waals surface area (Å²) >= 11 is 1.30. The van der Waals surface area contributed by atoms with E-state index in [2.05, 4.69) is 15.4 Å². The molecule has 0 saturated heterocycles. The van der Waals surface area contributed by atoms with Crippen LogP contribution in [0.4, 0.5) is 8.78 Å². The molecule has 0 bridgehead atoms. The van der Waals surface area contributed by atoms with E-state index in [0.717, 1.165) is 16.1 Å². The molecule has 9 heteroatoms. The minimum atomic E-state index is -2.99. The number of nitrogens with two attached hydrogens (primary N) is 1. The van der Waals surface area contributed by atoms with Crippen LogP contribution in [0.15, 0.2) is 30.6 Å². The van der Waals surface area contributed by atoms with Crippen LogP contribution in [0.5, 0.6) is 0 Å². The van der Waals surface area contributed by atoms with Gasteiger partial charge in [0, 0.05) is 29.1 Å². The summed E-state index contributed by atoms with van der Waals surface area (Å²) in [5.41, 5.74) is 8.17. The maximum atomic E-state index is 14.2. The van der Waals surface area contributed by atoms with Crippen LogP contribution >= 0.6 is 11.3 Å². The molecule has 6 nitrogen and oxygen atoms in total. The van der Waals surface area contributed by atoms with E-state index in [-0.39, 0.29) is 6.42 Å². The van der Waals surface area contributed by atoms with Crippen LogP contribution in [0.25, 0.3) is 16.9 Å². The van der Waals surface area contributed by atoms with Gasteiger partial charge in [-0.15, -0.1) is 11.3 Å². The summed E-state index contributed by atoms with van der Waals surface area (Å²) < 4.78 is 30.2. The Morgan fingerprint density at radius 3 is 3.07 bits per heavy atom. The molecule has 0 spiro atoms. The third kappa shape index (κ3) is 3.29. The van der Waals surface area contributed by atoms with E-state index < -0.39 is 23.9 Å². The summed E-state index contributed by atoms with van der Waals surface area (Å²) in [5, 5.41) is 6.79. The van der Waals surface area contributed by atoms with Crippen LogP contribution in [0.2, 0.25) is 0 Å². The van der Waals surface area contributed by atoms with Gasteiger partial charge in [0.05, 0.1) is 16.8 Å². The number of hydrogen-bond acceptors (Lipinski definition) is 5. The van der Waals surface area contributed by atoms with E-state index in [1.54, 1.807) is 29.0 Å². The van der Waals surface area contributed by atoms with Gasteiger partial charge in [0.2, 0.25) is 0 Å². The van der Waals surface area contributed by atoms with E-state index in [9.17, 15) is 13.6 Å². The molecule has 4 rings (SSSR count). The van der Waals surface area contributed by atoms with E-state index in [1.807, 2.05) is 13.0 Å². The van der Waals surface area contributed by atoms with E-state index >= 15 is 0 Å². The number of imidazole rings is 1. The average Bonchev–Trinajstić information content (AvgIpc) is 3.28. The highest BCUT2D eigenvalue weighted by atomic mass is 32.1. The van der Waals surface area contributed by atoms with E-state index in [0.29, 0.717) is 29.8 Å². The molecular weight excluding hydrogens is 384 g/mol. The maximum absolute atomic E-state index is 14.2. The molecule has 3 heterocycles. The van der Waals surface area contributed by atoms with Crippen molar-refractivity contribution in [1.29, 1.82) is 0 Å². The first-order valence-electron chi connectivity index (χ1n) is 9.27. The zero-order valence-electron chi connectivity index (χ0n) is 15.4. The number of alkyl halides is 2. The molecule has 3 aromatic heterocycles. The van der Waals surface area contributed by atoms with Crippen molar-refractivity contribution in [3.8, 4) is 11.3 Å². The number of nitrogens with zero attached hydrogens (tertiary/aromatic N) is 3. The second-order valence-corrected chi connectivity index (χ2v) is 8.14. The Hall–Kier alpha value is -2.39. The second-order valence-electron chi connectivity index (χ2n) is 7.01. The van der Waals surface area contributed by atoms with Crippen molar-refractivity contribution in [1.82, 2.24) is 19.9 Å². The van der Waals surface area contributed by atoms with Gasteiger partial charge in [-0.1, -0.05) is 6.92 Å². The lowest BCUT2D eigenvalue weighted by Crippen LogP contribution is -2.59. The number of aromatic nitrogens is 3. The van der Waals surface area contributed by atoms with Gasteiger partial charge in [0.1, 0.15) is 6.04 Å². The van der Waals surface area contributed by atoms with Crippen molar-refractivity contribution in [2.45, 2.75) is 50.6 Å². The summed E-state index contributed by atoms with van der Waals surface area (Å²) in [6, 6.07) is 3.27. The highest BCUT2D eigenvalue weighted by Gasteiger charge is 2.46. The number of fused-ring (bicyclic) bond motifs is 1. The van der Waals surface area contributed by atoms with Crippen LogP contribution < -0.4 is 11.1 Å². The smallest absolute Gasteiger partial charge is 0.269 e. The van der Waals surface area contributed by atoms with Crippen molar-refractivity contribution in [3.05, 3.63) is 40.3 Å². The Morgan fingerprint density at radius 2 is 2.32 bits per heavy atom. The summed E-state index contributed by atoms with van der Waals surface area (Å²) in [5.74, 6) is -3.51. The molecule has 1 fully saturated rings. The Kier molecular flexibility index (Phi) is 4.88. The number of amides is 1. The lowest BCUT2D eigenvalue weighted by atomic mass is 9.87. The number of rotatable bonds is 4. The number of aryl methyl sites for hydroxylation is 1. The lowest BCUT2D eigenvalue weighted by Gasteiger charge is -2.36. The van der Waals surface area contributed by atoms with Crippen LogP contribution in [0.1, 0.15) is 40.7 Å². The van der Waals surface area contributed by atoms with Crippen molar-refractivity contribution >= 4 is 22.9 Å². The summed E-state index contributed by atoms with van der Waals surface area (Å²) in [7, 11) is 0. The van der Waals surface area contributed by atoms with Crippen molar-refractivity contribution in [2.24, 2.45) is 5.73 Å². The molecule has 3 aromatic rings. The molecule has 1 aliphatic rings. The predicted molar refractivity (Wildman–Crippen MR) is 104 cm³/mol.